The summed E-state index contributed by atoms with van der Waals surface area (Å²) in [7, 11) is 0. The van der Waals surface area contributed by atoms with Crippen molar-refractivity contribution in [3.05, 3.63) is 11.6 Å². The van der Waals surface area contributed by atoms with E-state index in [-0.39, 0.29) is 24.0 Å². The fourth-order valence-electron chi connectivity index (χ4n) is 4.05. The molecule has 25 heavy (non-hydrogen) atoms. The number of aliphatic imine (C=N–C) groups is 1. The van der Waals surface area contributed by atoms with Gasteiger partial charge < -0.3 is 15.0 Å². The number of ether oxygens (including phenoxy) is 1. The Bertz CT molecular complexity index is 458. The molecule has 6 heteroatoms. The molecule has 1 aliphatic carbocycles. The maximum Gasteiger partial charge on any atom is 0.193 e. The van der Waals surface area contributed by atoms with E-state index < -0.39 is 0 Å². The minimum Gasteiger partial charge on any atom is -0.377 e. The summed E-state index contributed by atoms with van der Waals surface area (Å²) in [6.07, 6.45) is 11.4. The van der Waals surface area contributed by atoms with Crippen molar-refractivity contribution in [1.82, 2.24) is 10.2 Å². The van der Waals surface area contributed by atoms with E-state index in [4.69, 9.17) is 9.73 Å². The lowest BCUT2D eigenvalue weighted by Crippen LogP contribution is -2.53. The molecule has 0 unspecified atom stereocenters. The molecule has 0 aromatic rings. The molecule has 1 saturated carbocycles. The predicted molar refractivity (Wildman–Crippen MR) is 119 cm³/mol. The van der Waals surface area contributed by atoms with Crippen molar-refractivity contribution in [3.63, 3.8) is 0 Å². The monoisotopic (exact) mass is 479 g/mol. The predicted octanol–water partition coefficient (Wildman–Crippen LogP) is 4.06. The van der Waals surface area contributed by atoms with E-state index in [2.05, 4.69) is 35.0 Å². The van der Waals surface area contributed by atoms with Crippen LogP contribution in [0.4, 0.5) is 0 Å². The lowest BCUT2D eigenvalue weighted by atomic mass is 9.87. The van der Waals surface area contributed by atoms with Gasteiger partial charge in [0.05, 0.1) is 13.2 Å². The summed E-state index contributed by atoms with van der Waals surface area (Å²) in [4.78, 5) is 7.48. The molecule has 0 bridgehead atoms. The van der Waals surface area contributed by atoms with Gasteiger partial charge in [0.2, 0.25) is 0 Å². The smallest absolute Gasteiger partial charge is 0.193 e. The van der Waals surface area contributed by atoms with Gasteiger partial charge in [0.15, 0.2) is 5.96 Å². The Morgan fingerprint density at radius 2 is 2.20 bits per heavy atom. The minimum absolute atomic E-state index is 0. The summed E-state index contributed by atoms with van der Waals surface area (Å²) in [5.41, 5.74) is 1.51. The first kappa shape index (κ1) is 21.4. The molecule has 2 aliphatic heterocycles. The first-order chi connectivity index (χ1) is 11.8. The van der Waals surface area contributed by atoms with E-state index in [1.165, 1.54) is 50.0 Å². The first-order valence-electron chi connectivity index (χ1n) is 9.74. The molecule has 144 valence electrons. The van der Waals surface area contributed by atoms with Crippen molar-refractivity contribution in [3.8, 4) is 0 Å². The topological polar surface area (TPSA) is 36.9 Å². The van der Waals surface area contributed by atoms with Gasteiger partial charge in [-0.3, -0.25) is 4.99 Å². The summed E-state index contributed by atoms with van der Waals surface area (Å²) in [5, 5.41) is 3.53. The minimum atomic E-state index is 0. The number of rotatable bonds is 4. The fourth-order valence-corrected chi connectivity index (χ4v) is 5.62. The van der Waals surface area contributed by atoms with Gasteiger partial charge >= 0.3 is 0 Å². The van der Waals surface area contributed by atoms with E-state index in [9.17, 15) is 0 Å². The van der Waals surface area contributed by atoms with E-state index in [1.54, 1.807) is 0 Å². The molecule has 4 nitrogen and oxygen atoms in total. The van der Waals surface area contributed by atoms with E-state index >= 15 is 0 Å². The normalized spacial score (nSPS) is 23.8. The van der Waals surface area contributed by atoms with Crippen LogP contribution in [-0.2, 0) is 4.74 Å². The summed E-state index contributed by atoms with van der Waals surface area (Å²) in [6.45, 7) is 7.99. The van der Waals surface area contributed by atoms with Gasteiger partial charge in [0.25, 0.3) is 0 Å². The van der Waals surface area contributed by atoms with Gasteiger partial charge in [-0.25, -0.2) is 0 Å². The molecule has 3 aliphatic rings. The summed E-state index contributed by atoms with van der Waals surface area (Å²) in [5.74, 6) is 2.38. The Labute approximate surface area is 174 Å². The van der Waals surface area contributed by atoms with Gasteiger partial charge in [-0.15, -0.1) is 24.0 Å². The summed E-state index contributed by atoms with van der Waals surface area (Å²) >= 11 is 2.22. The lowest BCUT2D eigenvalue weighted by molar-refractivity contribution is 0.153. The third kappa shape index (κ3) is 6.31. The number of halogens is 1. The molecule has 1 spiro atoms. The fraction of sp³-hybridized carbons (Fsp3) is 0.842. The van der Waals surface area contributed by atoms with Gasteiger partial charge in [-0.1, -0.05) is 30.9 Å². The van der Waals surface area contributed by atoms with Crippen LogP contribution in [0.25, 0.3) is 0 Å². The van der Waals surface area contributed by atoms with Crippen LogP contribution in [0.15, 0.2) is 16.6 Å². The Hall–Kier alpha value is 0.0500. The molecular formula is C19H34IN3OS. The van der Waals surface area contributed by atoms with Crippen molar-refractivity contribution in [1.29, 1.82) is 0 Å². The second-order valence-corrected chi connectivity index (χ2v) is 8.75. The Morgan fingerprint density at radius 3 is 2.92 bits per heavy atom. The Morgan fingerprint density at radius 1 is 1.36 bits per heavy atom. The second kappa shape index (κ2) is 11.0. The summed E-state index contributed by atoms with van der Waals surface area (Å²) < 4.78 is 5.89. The van der Waals surface area contributed by atoms with Crippen LogP contribution in [0.5, 0.6) is 0 Å². The van der Waals surface area contributed by atoms with Crippen LogP contribution in [0.1, 0.15) is 51.9 Å². The zero-order valence-electron chi connectivity index (χ0n) is 15.6. The number of hydrogen-bond donors (Lipinski definition) is 1. The number of thioether (sulfide) groups is 1. The molecule has 3 rings (SSSR count). The van der Waals surface area contributed by atoms with Crippen LogP contribution in [0.3, 0.4) is 0 Å². The van der Waals surface area contributed by atoms with Crippen LogP contribution in [0.2, 0.25) is 0 Å². The van der Waals surface area contributed by atoms with Crippen LogP contribution in [-0.4, -0.2) is 60.8 Å². The largest absolute Gasteiger partial charge is 0.377 e. The van der Waals surface area contributed by atoms with Crippen molar-refractivity contribution in [2.24, 2.45) is 4.99 Å². The molecular weight excluding hydrogens is 445 g/mol. The number of nitrogens with one attached hydrogen (secondary N) is 1. The highest BCUT2D eigenvalue weighted by molar-refractivity contribution is 14.0. The quantitative estimate of drug-likeness (QED) is 0.286. The van der Waals surface area contributed by atoms with E-state index in [0.29, 0.717) is 4.75 Å². The maximum atomic E-state index is 5.39. The van der Waals surface area contributed by atoms with Crippen LogP contribution >= 0.6 is 35.7 Å². The lowest BCUT2D eigenvalue weighted by Gasteiger charge is -2.45. The average molecular weight is 479 g/mol. The maximum absolute atomic E-state index is 5.39. The first-order valence-corrected chi connectivity index (χ1v) is 10.7. The highest BCUT2D eigenvalue weighted by Crippen LogP contribution is 2.42. The third-order valence-corrected chi connectivity index (χ3v) is 6.94. The van der Waals surface area contributed by atoms with Crippen molar-refractivity contribution in [2.45, 2.75) is 56.6 Å². The Kier molecular flexibility index (Phi) is 9.41. The molecule has 0 atom stereocenters. The number of nitrogens with zero attached hydrogens (tertiary/aromatic N) is 2. The second-order valence-electron chi connectivity index (χ2n) is 7.19. The zero-order valence-corrected chi connectivity index (χ0v) is 18.7. The molecule has 0 amide bonds. The highest BCUT2D eigenvalue weighted by atomic mass is 127. The molecule has 0 radical (unpaired) electrons. The molecule has 1 saturated heterocycles. The molecule has 2 heterocycles. The van der Waals surface area contributed by atoms with Gasteiger partial charge in [-0.05, 0) is 32.6 Å². The molecule has 0 aromatic heterocycles. The van der Waals surface area contributed by atoms with E-state index in [0.717, 1.165) is 51.6 Å². The molecule has 0 aromatic carbocycles. The van der Waals surface area contributed by atoms with Crippen molar-refractivity contribution in [2.75, 3.05) is 45.1 Å². The Balaban J connectivity index is 0.00000225. The van der Waals surface area contributed by atoms with Gasteiger partial charge in [-0.2, -0.15) is 11.8 Å². The zero-order chi connectivity index (χ0) is 16.7. The van der Waals surface area contributed by atoms with Crippen LogP contribution in [0, 0.1) is 0 Å². The standard InChI is InChI=1S/C19H33N3OS.HI/c1-2-20-18(21-11-6-17-7-13-23-14-8-17)22-12-15-24-19(16-22)9-4-3-5-10-19;/h7H,2-6,8-16H2,1H3,(H,20,21);1H. The van der Waals surface area contributed by atoms with Crippen molar-refractivity contribution >= 4 is 41.7 Å². The van der Waals surface area contributed by atoms with Gasteiger partial charge in [0, 0.05) is 36.7 Å². The summed E-state index contributed by atoms with van der Waals surface area (Å²) in [6, 6.07) is 0. The number of guanidine groups is 1. The van der Waals surface area contributed by atoms with Crippen molar-refractivity contribution < 1.29 is 4.74 Å². The SMILES string of the molecule is CCNC(=NCCC1=CCOCC1)N1CCSC2(CCCCC2)C1.I. The third-order valence-electron chi connectivity index (χ3n) is 5.40. The highest BCUT2D eigenvalue weighted by Gasteiger charge is 2.38. The number of hydrogen-bond acceptors (Lipinski definition) is 3. The van der Waals surface area contributed by atoms with Gasteiger partial charge in [0.1, 0.15) is 0 Å². The molecule has 2 fully saturated rings. The van der Waals surface area contributed by atoms with E-state index in [1.807, 2.05) is 0 Å². The molecule has 1 N–H and O–H groups in total. The average Bonchev–Trinajstić information content (AvgIpc) is 2.63. The van der Waals surface area contributed by atoms with Crippen LogP contribution < -0.4 is 5.32 Å².